The minimum absolute atomic E-state index is 0.0241. The molecule has 1 aliphatic heterocycles. The summed E-state index contributed by atoms with van der Waals surface area (Å²) >= 11 is 1.30. The number of carbonyl (C=O) groups is 1. The van der Waals surface area contributed by atoms with Crippen LogP contribution in [-0.4, -0.2) is 38.0 Å². The van der Waals surface area contributed by atoms with Crippen LogP contribution in [0.4, 0.5) is 0 Å². The molecule has 1 aromatic carbocycles. The molecule has 0 amide bonds. The number of pyridine rings is 1. The lowest BCUT2D eigenvalue weighted by Gasteiger charge is -2.04. The molecule has 0 saturated heterocycles. The van der Waals surface area contributed by atoms with E-state index < -0.39 is 12.0 Å². The van der Waals surface area contributed by atoms with Gasteiger partial charge >= 0.3 is 5.97 Å². The highest BCUT2D eigenvalue weighted by atomic mass is 32.2. The van der Waals surface area contributed by atoms with Gasteiger partial charge in [0.1, 0.15) is 16.5 Å². The maximum Gasteiger partial charge on any atom is 0.329 e. The smallest absolute Gasteiger partial charge is 0.329 e. The molecule has 3 rings (SSSR count). The number of para-hydroxylation sites is 1. The number of benzene rings is 1. The van der Waals surface area contributed by atoms with Crippen molar-refractivity contribution in [1.82, 2.24) is 4.98 Å². The Labute approximate surface area is 113 Å². The maximum atomic E-state index is 10.9. The van der Waals surface area contributed by atoms with Gasteiger partial charge in [-0.1, -0.05) is 18.2 Å². The molecule has 2 heterocycles. The topological polar surface area (TPSA) is 82.8 Å². The van der Waals surface area contributed by atoms with E-state index in [0.717, 1.165) is 10.9 Å². The van der Waals surface area contributed by atoms with Crippen LogP contribution in [0.3, 0.4) is 0 Å². The van der Waals surface area contributed by atoms with Crippen molar-refractivity contribution in [2.45, 2.75) is 6.04 Å². The number of carboxylic acids is 1. The average molecular weight is 274 g/mol. The van der Waals surface area contributed by atoms with Gasteiger partial charge in [0.15, 0.2) is 6.04 Å². The zero-order valence-corrected chi connectivity index (χ0v) is 10.6. The Hall–Kier alpha value is -2.08. The van der Waals surface area contributed by atoms with Crippen LogP contribution in [0.2, 0.25) is 0 Å². The SMILES string of the molecule is O=C(O)[C@H]1CSC(c2nc3ccccc3cc2O)=N1. The number of aliphatic imine (C=N–C) groups is 1. The molecule has 2 aromatic rings. The second-order valence-corrected chi connectivity index (χ2v) is 5.16. The Morgan fingerprint density at radius 1 is 1.37 bits per heavy atom. The summed E-state index contributed by atoms with van der Waals surface area (Å²) in [6, 6.07) is 8.29. The van der Waals surface area contributed by atoms with Crippen molar-refractivity contribution < 1.29 is 15.0 Å². The lowest BCUT2D eigenvalue weighted by atomic mass is 10.2. The molecule has 0 fully saturated rings. The van der Waals surface area contributed by atoms with Crippen LogP contribution in [0.1, 0.15) is 5.69 Å². The molecule has 0 aliphatic carbocycles. The van der Waals surface area contributed by atoms with Gasteiger partial charge in [-0.3, -0.25) is 4.99 Å². The molecular formula is C13H10N2O3S. The van der Waals surface area contributed by atoms with Crippen LogP contribution < -0.4 is 0 Å². The van der Waals surface area contributed by atoms with Gasteiger partial charge in [-0.25, -0.2) is 9.78 Å². The molecule has 2 N–H and O–H groups in total. The Morgan fingerprint density at radius 3 is 2.89 bits per heavy atom. The highest BCUT2D eigenvalue weighted by Gasteiger charge is 2.27. The summed E-state index contributed by atoms with van der Waals surface area (Å²) in [5.41, 5.74) is 1.10. The molecule has 1 aromatic heterocycles. The molecule has 6 heteroatoms. The number of rotatable bonds is 2. The van der Waals surface area contributed by atoms with Crippen molar-refractivity contribution >= 4 is 33.7 Å². The molecule has 0 saturated carbocycles. The first-order valence-corrected chi connectivity index (χ1v) is 6.66. The number of hydrogen-bond acceptors (Lipinski definition) is 5. The first kappa shape index (κ1) is 12.0. The molecule has 96 valence electrons. The third kappa shape index (κ3) is 2.15. The molecule has 0 radical (unpaired) electrons. The second-order valence-electron chi connectivity index (χ2n) is 4.15. The van der Waals surface area contributed by atoms with Crippen LogP contribution in [0.5, 0.6) is 5.75 Å². The molecule has 0 unspecified atom stereocenters. The fourth-order valence-electron chi connectivity index (χ4n) is 1.89. The van der Waals surface area contributed by atoms with E-state index >= 15 is 0 Å². The summed E-state index contributed by atoms with van der Waals surface area (Å²) in [7, 11) is 0. The molecule has 5 nitrogen and oxygen atoms in total. The Kier molecular flexibility index (Phi) is 2.87. The number of thioether (sulfide) groups is 1. The van der Waals surface area contributed by atoms with Crippen molar-refractivity contribution in [3.05, 3.63) is 36.0 Å². The Balaban J connectivity index is 2.08. The van der Waals surface area contributed by atoms with Crippen LogP contribution >= 0.6 is 11.8 Å². The summed E-state index contributed by atoms with van der Waals surface area (Å²) in [4.78, 5) is 19.3. The quantitative estimate of drug-likeness (QED) is 0.873. The molecule has 1 aliphatic rings. The predicted octanol–water partition coefficient (Wildman–Crippen LogP) is 1.89. The monoisotopic (exact) mass is 274 g/mol. The van der Waals surface area contributed by atoms with E-state index in [0.29, 0.717) is 16.5 Å². The molecule has 1 atom stereocenters. The first-order valence-electron chi connectivity index (χ1n) is 5.67. The van der Waals surface area contributed by atoms with Gasteiger partial charge in [0, 0.05) is 11.1 Å². The van der Waals surface area contributed by atoms with Crippen LogP contribution in [0, 0.1) is 0 Å². The molecular weight excluding hydrogens is 264 g/mol. The zero-order chi connectivity index (χ0) is 13.4. The Bertz CT molecular complexity index is 699. The number of aliphatic carboxylic acids is 1. The van der Waals surface area contributed by atoms with E-state index in [1.807, 2.05) is 24.3 Å². The van der Waals surface area contributed by atoms with E-state index in [9.17, 15) is 9.90 Å². The second kappa shape index (κ2) is 4.55. The third-order valence-electron chi connectivity index (χ3n) is 2.84. The van der Waals surface area contributed by atoms with Crippen molar-refractivity contribution in [3.63, 3.8) is 0 Å². The summed E-state index contributed by atoms with van der Waals surface area (Å²) in [5.74, 6) is -0.558. The minimum atomic E-state index is -0.956. The fraction of sp³-hybridized carbons (Fsp3) is 0.154. The summed E-state index contributed by atoms with van der Waals surface area (Å²) in [5, 5.41) is 20.2. The van der Waals surface area contributed by atoms with E-state index in [1.165, 1.54) is 11.8 Å². The van der Waals surface area contributed by atoms with Crippen molar-refractivity contribution in [2.75, 3.05) is 5.75 Å². The van der Waals surface area contributed by atoms with Crippen LogP contribution in [0.15, 0.2) is 35.3 Å². The highest BCUT2D eigenvalue weighted by molar-refractivity contribution is 8.14. The largest absolute Gasteiger partial charge is 0.506 e. The fourth-order valence-corrected chi connectivity index (χ4v) is 2.91. The van der Waals surface area contributed by atoms with Gasteiger partial charge in [0.25, 0.3) is 0 Å². The van der Waals surface area contributed by atoms with Crippen LogP contribution in [0.25, 0.3) is 10.9 Å². The number of fused-ring (bicyclic) bond motifs is 1. The number of aromatic nitrogens is 1. The van der Waals surface area contributed by atoms with Crippen LogP contribution in [-0.2, 0) is 4.79 Å². The van der Waals surface area contributed by atoms with Gasteiger partial charge in [-0.15, -0.1) is 11.8 Å². The number of carboxylic acid groups (broad SMARTS) is 1. The number of aromatic hydroxyl groups is 1. The van der Waals surface area contributed by atoms with Gasteiger partial charge in [-0.05, 0) is 12.1 Å². The van der Waals surface area contributed by atoms with Crippen molar-refractivity contribution in [1.29, 1.82) is 0 Å². The Morgan fingerprint density at radius 2 is 2.16 bits per heavy atom. The minimum Gasteiger partial charge on any atom is -0.506 e. The standard InChI is InChI=1S/C13H10N2O3S/c16-10-5-7-3-1-2-4-8(7)14-11(10)12-15-9(6-19-12)13(17)18/h1-5,9,16H,6H2,(H,17,18)/t9-/m1/s1. The predicted molar refractivity (Wildman–Crippen MR) is 73.8 cm³/mol. The van der Waals surface area contributed by atoms with E-state index in [-0.39, 0.29) is 5.75 Å². The third-order valence-corrected chi connectivity index (χ3v) is 3.90. The van der Waals surface area contributed by atoms with Crippen molar-refractivity contribution in [2.24, 2.45) is 4.99 Å². The molecule has 19 heavy (non-hydrogen) atoms. The number of nitrogens with zero attached hydrogens (tertiary/aromatic N) is 2. The summed E-state index contributed by atoms with van der Waals surface area (Å²) in [6.45, 7) is 0. The van der Waals surface area contributed by atoms with Gasteiger partial charge < -0.3 is 10.2 Å². The van der Waals surface area contributed by atoms with E-state index in [2.05, 4.69) is 9.98 Å². The highest BCUT2D eigenvalue weighted by Crippen LogP contribution is 2.29. The van der Waals surface area contributed by atoms with E-state index in [4.69, 9.17) is 5.11 Å². The number of hydrogen-bond donors (Lipinski definition) is 2. The summed E-state index contributed by atoms with van der Waals surface area (Å²) < 4.78 is 0. The first-order chi connectivity index (χ1) is 9.15. The average Bonchev–Trinajstić information content (AvgIpc) is 2.87. The van der Waals surface area contributed by atoms with Gasteiger partial charge in [0.05, 0.1) is 5.52 Å². The normalized spacial score (nSPS) is 18.5. The lowest BCUT2D eigenvalue weighted by Crippen LogP contribution is -2.17. The lowest BCUT2D eigenvalue weighted by molar-refractivity contribution is -0.137. The zero-order valence-electron chi connectivity index (χ0n) is 9.78. The molecule has 0 spiro atoms. The summed E-state index contributed by atoms with van der Waals surface area (Å²) in [6.07, 6.45) is 0. The molecule has 0 bridgehead atoms. The van der Waals surface area contributed by atoms with Crippen molar-refractivity contribution in [3.8, 4) is 5.75 Å². The maximum absolute atomic E-state index is 10.9. The van der Waals surface area contributed by atoms with Gasteiger partial charge in [0.2, 0.25) is 0 Å². The van der Waals surface area contributed by atoms with E-state index in [1.54, 1.807) is 6.07 Å². The van der Waals surface area contributed by atoms with Gasteiger partial charge in [-0.2, -0.15) is 0 Å².